The standard InChI is InChI=1S/C34H29FNO2/c1-18(2)15-21-7-6-8-28-31(21)26-12-11-24-25(33(26)37-28)13-14-36(5)32(24)30-20(4)19(3)16-27-23-10-9-22(35)17-29(23)38-34(27)30/h6-14,16-18H,15H2,1-5H3/q+1. The van der Waals surface area contributed by atoms with Gasteiger partial charge in [0.25, 0.3) is 0 Å². The Kier molecular flexibility index (Phi) is 4.93. The van der Waals surface area contributed by atoms with Crippen molar-refractivity contribution >= 4 is 54.6 Å². The van der Waals surface area contributed by atoms with Gasteiger partial charge in [0.1, 0.15) is 35.2 Å². The van der Waals surface area contributed by atoms with Crippen LogP contribution < -0.4 is 4.57 Å². The lowest BCUT2D eigenvalue weighted by atomic mass is 9.93. The van der Waals surface area contributed by atoms with Gasteiger partial charge in [-0.15, -0.1) is 0 Å². The maximum absolute atomic E-state index is 14.1. The van der Waals surface area contributed by atoms with Crippen molar-refractivity contribution < 1.29 is 17.8 Å². The summed E-state index contributed by atoms with van der Waals surface area (Å²) in [7, 11) is 2.06. The first-order valence-corrected chi connectivity index (χ1v) is 13.2. The molecule has 0 saturated heterocycles. The first-order valence-electron chi connectivity index (χ1n) is 13.2. The van der Waals surface area contributed by atoms with Crippen LogP contribution >= 0.6 is 0 Å². The lowest BCUT2D eigenvalue weighted by molar-refractivity contribution is -0.659. The fourth-order valence-corrected chi connectivity index (χ4v) is 6.12. The number of furan rings is 2. The Bertz CT molecular complexity index is 2080. The molecule has 0 spiro atoms. The topological polar surface area (TPSA) is 30.2 Å². The van der Waals surface area contributed by atoms with Crippen LogP contribution in [0.2, 0.25) is 0 Å². The quantitative estimate of drug-likeness (QED) is 0.226. The first-order chi connectivity index (χ1) is 18.3. The molecule has 0 unspecified atom stereocenters. The molecule has 0 aliphatic heterocycles. The van der Waals surface area contributed by atoms with E-state index >= 15 is 0 Å². The minimum Gasteiger partial charge on any atom is -0.455 e. The van der Waals surface area contributed by atoms with Gasteiger partial charge >= 0.3 is 0 Å². The number of aryl methyl sites for hydroxylation is 2. The molecule has 0 bridgehead atoms. The molecule has 3 nitrogen and oxygen atoms in total. The summed E-state index contributed by atoms with van der Waals surface area (Å²) in [5.41, 5.74) is 8.88. The van der Waals surface area contributed by atoms with Crippen LogP contribution in [-0.4, -0.2) is 0 Å². The third-order valence-electron chi connectivity index (χ3n) is 7.97. The van der Waals surface area contributed by atoms with E-state index in [1.165, 1.54) is 28.6 Å². The van der Waals surface area contributed by atoms with E-state index in [1.807, 2.05) is 6.07 Å². The second-order valence-electron chi connectivity index (χ2n) is 11.0. The van der Waals surface area contributed by atoms with Gasteiger partial charge in [-0.3, -0.25) is 0 Å². The number of fused-ring (bicyclic) bond motifs is 8. The highest BCUT2D eigenvalue weighted by molar-refractivity contribution is 6.19. The van der Waals surface area contributed by atoms with Crippen LogP contribution in [0.4, 0.5) is 4.39 Å². The van der Waals surface area contributed by atoms with Gasteiger partial charge in [0.15, 0.2) is 6.20 Å². The van der Waals surface area contributed by atoms with Crippen LogP contribution in [0.15, 0.2) is 75.7 Å². The number of rotatable bonds is 3. The third kappa shape index (κ3) is 3.22. The van der Waals surface area contributed by atoms with Crippen molar-refractivity contribution in [3.63, 3.8) is 0 Å². The molecule has 0 saturated carbocycles. The lowest BCUT2D eigenvalue weighted by Crippen LogP contribution is -2.30. The smallest absolute Gasteiger partial charge is 0.224 e. The van der Waals surface area contributed by atoms with Crippen LogP contribution in [0.25, 0.3) is 65.9 Å². The molecule has 0 aliphatic carbocycles. The van der Waals surface area contributed by atoms with Crippen LogP contribution in [0.3, 0.4) is 0 Å². The number of benzene rings is 4. The molecule has 3 aromatic heterocycles. The Morgan fingerprint density at radius 3 is 2.37 bits per heavy atom. The highest BCUT2D eigenvalue weighted by Gasteiger charge is 2.26. The molecule has 3 heterocycles. The number of aromatic nitrogens is 1. The van der Waals surface area contributed by atoms with Gasteiger partial charge in [-0.05, 0) is 79.3 Å². The van der Waals surface area contributed by atoms with E-state index < -0.39 is 0 Å². The molecule has 0 N–H and O–H groups in total. The molecule has 0 amide bonds. The van der Waals surface area contributed by atoms with Gasteiger partial charge in [-0.1, -0.05) is 26.0 Å². The van der Waals surface area contributed by atoms with Gasteiger partial charge in [0.2, 0.25) is 5.69 Å². The van der Waals surface area contributed by atoms with Crippen molar-refractivity contribution in [1.29, 1.82) is 0 Å². The second kappa shape index (κ2) is 8.16. The van der Waals surface area contributed by atoms with E-state index in [0.717, 1.165) is 66.9 Å². The van der Waals surface area contributed by atoms with Crippen molar-refractivity contribution in [2.45, 2.75) is 34.1 Å². The molecule has 38 heavy (non-hydrogen) atoms. The molecule has 7 rings (SSSR count). The Balaban J connectivity index is 1.59. The zero-order chi connectivity index (χ0) is 26.3. The van der Waals surface area contributed by atoms with Crippen molar-refractivity contribution in [3.8, 4) is 11.3 Å². The van der Waals surface area contributed by atoms with Gasteiger partial charge < -0.3 is 8.83 Å². The fourth-order valence-electron chi connectivity index (χ4n) is 6.12. The largest absolute Gasteiger partial charge is 0.455 e. The Morgan fingerprint density at radius 2 is 1.55 bits per heavy atom. The monoisotopic (exact) mass is 502 g/mol. The lowest BCUT2D eigenvalue weighted by Gasteiger charge is -2.11. The molecule has 0 radical (unpaired) electrons. The van der Waals surface area contributed by atoms with Crippen LogP contribution in [0.5, 0.6) is 0 Å². The Labute approximate surface area is 220 Å². The summed E-state index contributed by atoms with van der Waals surface area (Å²) in [4.78, 5) is 0. The summed E-state index contributed by atoms with van der Waals surface area (Å²) in [6, 6.07) is 19.9. The van der Waals surface area contributed by atoms with Crippen molar-refractivity contribution in [2.24, 2.45) is 13.0 Å². The molecule has 4 heteroatoms. The molecule has 188 valence electrons. The maximum atomic E-state index is 14.1. The SMILES string of the molecule is Cc1cc2c(oc3cc(F)ccc32)c(-c2c3ccc4c(oc5cccc(CC(C)C)c54)c3cc[n+]2C)c1C. The van der Waals surface area contributed by atoms with E-state index in [0.29, 0.717) is 11.5 Å². The highest BCUT2D eigenvalue weighted by atomic mass is 19.1. The van der Waals surface area contributed by atoms with Crippen LogP contribution in [0, 0.1) is 25.6 Å². The summed E-state index contributed by atoms with van der Waals surface area (Å²) < 4.78 is 29.1. The van der Waals surface area contributed by atoms with E-state index in [2.05, 4.69) is 88.0 Å². The maximum Gasteiger partial charge on any atom is 0.224 e. The second-order valence-corrected chi connectivity index (χ2v) is 11.0. The average molecular weight is 503 g/mol. The van der Waals surface area contributed by atoms with Crippen molar-refractivity contribution in [2.75, 3.05) is 0 Å². The zero-order valence-electron chi connectivity index (χ0n) is 22.3. The number of hydrogen-bond acceptors (Lipinski definition) is 2. The molecule has 0 fully saturated rings. The fraction of sp³-hybridized carbons (Fsp3) is 0.206. The van der Waals surface area contributed by atoms with E-state index in [1.54, 1.807) is 0 Å². The normalized spacial score (nSPS) is 12.3. The number of pyridine rings is 1. The molecule has 0 aliphatic rings. The molecule has 4 aromatic carbocycles. The number of halogens is 1. The summed E-state index contributed by atoms with van der Waals surface area (Å²) >= 11 is 0. The first kappa shape index (κ1) is 23.0. The zero-order valence-corrected chi connectivity index (χ0v) is 22.3. The molecule has 0 atom stereocenters. The summed E-state index contributed by atoms with van der Waals surface area (Å²) in [5.74, 6) is 0.257. The Hall–Kier alpha value is -4.18. The predicted octanol–water partition coefficient (Wildman–Crippen LogP) is 9.08. The Morgan fingerprint density at radius 1 is 0.789 bits per heavy atom. The van der Waals surface area contributed by atoms with Gasteiger partial charge in [-0.2, -0.15) is 0 Å². The average Bonchev–Trinajstić information content (AvgIpc) is 3.43. The van der Waals surface area contributed by atoms with Gasteiger partial charge in [-0.25, -0.2) is 8.96 Å². The number of hydrogen-bond donors (Lipinski definition) is 0. The van der Waals surface area contributed by atoms with Gasteiger partial charge in [0.05, 0.1) is 10.9 Å². The van der Waals surface area contributed by atoms with Crippen molar-refractivity contribution in [3.05, 3.63) is 89.4 Å². The van der Waals surface area contributed by atoms with E-state index in [9.17, 15) is 4.39 Å². The molecule has 7 aromatic rings. The van der Waals surface area contributed by atoms with Gasteiger partial charge in [0, 0.05) is 39.1 Å². The number of nitrogens with zero attached hydrogens (tertiary/aromatic N) is 1. The molecular weight excluding hydrogens is 473 g/mol. The van der Waals surface area contributed by atoms with E-state index in [-0.39, 0.29) is 5.82 Å². The summed E-state index contributed by atoms with van der Waals surface area (Å²) in [6.07, 6.45) is 3.10. The summed E-state index contributed by atoms with van der Waals surface area (Å²) in [6.45, 7) is 8.76. The van der Waals surface area contributed by atoms with E-state index in [4.69, 9.17) is 8.83 Å². The van der Waals surface area contributed by atoms with Crippen LogP contribution in [-0.2, 0) is 13.5 Å². The molecular formula is C34H29FNO2+. The minimum absolute atomic E-state index is 0.300. The predicted molar refractivity (Wildman–Crippen MR) is 153 cm³/mol. The third-order valence-corrected chi connectivity index (χ3v) is 7.97. The van der Waals surface area contributed by atoms with Crippen LogP contribution in [0.1, 0.15) is 30.5 Å². The van der Waals surface area contributed by atoms with Crippen molar-refractivity contribution in [1.82, 2.24) is 0 Å². The highest BCUT2D eigenvalue weighted by Crippen LogP contribution is 2.43. The summed E-state index contributed by atoms with van der Waals surface area (Å²) in [5, 5.41) is 6.44. The minimum atomic E-state index is -0.300.